The van der Waals surface area contributed by atoms with Crippen LogP contribution in [0.25, 0.3) is 0 Å². The van der Waals surface area contributed by atoms with Crippen LogP contribution in [0.5, 0.6) is 0 Å². The highest BCUT2D eigenvalue weighted by Gasteiger charge is 2.32. The summed E-state index contributed by atoms with van der Waals surface area (Å²) in [4.78, 5) is 37.0. The smallest absolute Gasteiger partial charge is 0.325 e. The van der Waals surface area contributed by atoms with E-state index in [0.29, 0.717) is 5.06 Å². The molecule has 0 atom stereocenters. The average Bonchev–Trinajstić information content (AvgIpc) is 2.36. The van der Waals surface area contributed by atoms with Gasteiger partial charge in [0.15, 0.2) is 0 Å². The van der Waals surface area contributed by atoms with E-state index in [0.717, 1.165) is 6.08 Å². The predicted molar refractivity (Wildman–Crippen MR) is 40.9 cm³/mol. The topological polar surface area (TPSA) is 63.7 Å². The molecule has 1 fully saturated rings. The maximum Gasteiger partial charge on any atom is 0.364 e. The molecule has 68 valence electrons. The van der Waals surface area contributed by atoms with Crippen LogP contribution >= 0.6 is 0 Å². The van der Waals surface area contributed by atoms with Crippen LogP contribution in [-0.2, 0) is 19.2 Å². The monoisotopic (exact) mass is 181 g/mol. The number of carbonyl (C=O) groups excluding carboxylic acids is 3. The van der Waals surface area contributed by atoms with E-state index in [9.17, 15) is 14.4 Å². The van der Waals surface area contributed by atoms with E-state index in [1.807, 2.05) is 0 Å². The number of hydroxylamine groups is 2. The second-order valence-corrected chi connectivity index (χ2v) is 2.34. The Balaban J connectivity index is 2.62. The third-order valence-corrected chi connectivity index (χ3v) is 1.41. The molecular weight excluding hydrogens is 174 g/mol. The zero-order chi connectivity index (χ0) is 9.84. The standard InChI is InChI=1S/C8H7NO4/c1-2-3-8(12)13-9-6(10)4-5-7(9)11/h3H,1,4-5H2. The van der Waals surface area contributed by atoms with Gasteiger partial charge >= 0.3 is 5.97 Å². The molecule has 1 rings (SSSR count). The quantitative estimate of drug-likeness (QED) is 0.340. The Kier molecular flexibility index (Phi) is 2.62. The Labute approximate surface area is 74.2 Å². The normalized spacial score (nSPS) is 15.5. The summed E-state index contributed by atoms with van der Waals surface area (Å²) in [5.74, 6) is -1.84. The number of rotatable bonds is 2. The molecule has 0 saturated carbocycles. The first kappa shape index (κ1) is 9.22. The van der Waals surface area contributed by atoms with Crippen LogP contribution in [-0.4, -0.2) is 22.8 Å². The summed E-state index contributed by atoms with van der Waals surface area (Å²) in [6.07, 6.45) is 1.08. The van der Waals surface area contributed by atoms with Gasteiger partial charge in [0.1, 0.15) is 0 Å². The van der Waals surface area contributed by atoms with Gasteiger partial charge in [-0.1, -0.05) is 6.58 Å². The summed E-state index contributed by atoms with van der Waals surface area (Å²) >= 11 is 0. The molecule has 1 aliphatic heterocycles. The summed E-state index contributed by atoms with van der Waals surface area (Å²) < 4.78 is 0. The Hall–Kier alpha value is -1.87. The Morgan fingerprint density at radius 1 is 1.46 bits per heavy atom. The van der Waals surface area contributed by atoms with E-state index >= 15 is 0 Å². The highest BCUT2D eigenvalue weighted by atomic mass is 16.7. The van der Waals surface area contributed by atoms with Crippen LogP contribution in [0.4, 0.5) is 0 Å². The number of nitrogens with zero attached hydrogens (tertiary/aromatic N) is 1. The van der Waals surface area contributed by atoms with Crippen molar-refractivity contribution < 1.29 is 19.2 Å². The zero-order valence-corrected chi connectivity index (χ0v) is 6.78. The molecule has 1 saturated heterocycles. The largest absolute Gasteiger partial charge is 0.364 e. The fourth-order valence-electron chi connectivity index (χ4n) is 0.858. The molecule has 5 heteroatoms. The van der Waals surface area contributed by atoms with Crippen LogP contribution in [0.2, 0.25) is 0 Å². The van der Waals surface area contributed by atoms with Gasteiger partial charge in [0.2, 0.25) is 0 Å². The van der Waals surface area contributed by atoms with Crippen molar-refractivity contribution in [3.63, 3.8) is 0 Å². The van der Waals surface area contributed by atoms with Gasteiger partial charge in [-0.2, -0.15) is 0 Å². The van der Waals surface area contributed by atoms with Crippen molar-refractivity contribution in [1.29, 1.82) is 0 Å². The van der Waals surface area contributed by atoms with E-state index in [4.69, 9.17) is 0 Å². The summed E-state index contributed by atoms with van der Waals surface area (Å²) in [6, 6.07) is 0. The first-order valence-corrected chi connectivity index (χ1v) is 3.58. The van der Waals surface area contributed by atoms with Gasteiger partial charge < -0.3 is 4.84 Å². The van der Waals surface area contributed by atoms with Crippen LogP contribution in [0.1, 0.15) is 12.8 Å². The highest BCUT2D eigenvalue weighted by molar-refractivity contribution is 6.02. The first-order chi connectivity index (χ1) is 6.15. The van der Waals surface area contributed by atoms with Crippen LogP contribution in [0.3, 0.4) is 0 Å². The summed E-state index contributed by atoms with van der Waals surface area (Å²) in [5, 5.41) is 0.468. The van der Waals surface area contributed by atoms with Crippen molar-refractivity contribution in [3.05, 3.63) is 18.4 Å². The fraction of sp³-hybridized carbons (Fsp3) is 0.250. The lowest BCUT2D eigenvalue weighted by Crippen LogP contribution is -2.31. The van der Waals surface area contributed by atoms with Gasteiger partial charge in [0, 0.05) is 12.8 Å². The molecule has 1 heterocycles. The Morgan fingerprint density at radius 2 is 2.00 bits per heavy atom. The van der Waals surface area contributed by atoms with Crippen molar-refractivity contribution in [1.82, 2.24) is 5.06 Å². The predicted octanol–water partition coefficient (Wildman–Crippen LogP) is -0.0653. The number of hydrogen-bond donors (Lipinski definition) is 0. The van der Waals surface area contributed by atoms with Crippen LogP contribution in [0.15, 0.2) is 18.4 Å². The molecular formula is C8H7NO4. The Bertz CT molecular complexity index is 298. The zero-order valence-electron chi connectivity index (χ0n) is 6.78. The molecule has 0 bridgehead atoms. The Morgan fingerprint density at radius 3 is 2.46 bits per heavy atom. The molecule has 0 aromatic rings. The summed E-state index contributed by atoms with van der Waals surface area (Å²) in [7, 11) is 0. The van der Waals surface area contributed by atoms with Gasteiger partial charge in [-0.25, -0.2) is 4.79 Å². The van der Waals surface area contributed by atoms with E-state index < -0.39 is 17.8 Å². The molecule has 0 N–H and O–H groups in total. The molecule has 13 heavy (non-hydrogen) atoms. The van der Waals surface area contributed by atoms with Crippen molar-refractivity contribution in [3.8, 4) is 0 Å². The second-order valence-electron chi connectivity index (χ2n) is 2.34. The summed E-state index contributed by atoms with van der Waals surface area (Å²) in [5.41, 5.74) is 2.17. The number of carbonyl (C=O) groups is 3. The van der Waals surface area contributed by atoms with Gasteiger partial charge in [-0.15, -0.1) is 10.8 Å². The number of hydrogen-bond acceptors (Lipinski definition) is 4. The van der Waals surface area contributed by atoms with E-state index in [-0.39, 0.29) is 12.8 Å². The maximum atomic E-state index is 10.9. The van der Waals surface area contributed by atoms with Crippen molar-refractivity contribution >= 4 is 17.8 Å². The maximum absolute atomic E-state index is 10.9. The van der Waals surface area contributed by atoms with Gasteiger partial charge in [-0.3, -0.25) is 9.59 Å². The molecule has 0 radical (unpaired) electrons. The highest BCUT2D eigenvalue weighted by Crippen LogP contribution is 2.11. The fourth-order valence-corrected chi connectivity index (χ4v) is 0.858. The van der Waals surface area contributed by atoms with Gasteiger partial charge in [0.25, 0.3) is 11.8 Å². The third-order valence-electron chi connectivity index (χ3n) is 1.41. The minimum absolute atomic E-state index is 0.0872. The lowest BCUT2D eigenvalue weighted by Gasteiger charge is -2.09. The lowest BCUT2D eigenvalue weighted by molar-refractivity contribution is -0.193. The van der Waals surface area contributed by atoms with Gasteiger partial charge in [0.05, 0.1) is 6.08 Å². The average molecular weight is 181 g/mol. The molecule has 0 aromatic carbocycles. The molecule has 2 amide bonds. The van der Waals surface area contributed by atoms with E-state index in [2.05, 4.69) is 17.1 Å². The SMILES string of the molecule is C=C=CC(=O)ON1C(=O)CCC1=O. The lowest BCUT2D eigenvalue weighted by atomic mass is 10.4. The third kappa shape index (κ3) is 2.04. The molecule has 0 spiro atoms. The van der Waals surface area contributed by atoms with Crippen molar-refractivity contribution in [2.24, 2.45) is 0 Å². The van der Waals surface area contributed by atoms with Crippen LogP contribution < -0.4 is 0 Å². The minimum Gasteiger partial charge on any atom is -0.325 e. The minimum atomic E-state index is -0.835. The first-order valence-electron chi connectivity index (χ1n) is 3.58. The molecule has 0 aromatic heterocycles. The number of imide groups is 1. The number of amides is 2. The van der Waals surface area contributed by atoms with Crippen molar-refractivity contribution in [2.75, 3.05) is 0 Å². The van der Waals surface area contributed by atoms with Gasteiger partial charge in [-0.05, 0) is 0 Å². The molecule has 0 aliphatic carbocycles. The van der Waals surface area contributed by atoms with Crippen molar-refractivity contribution in [2.45, 2.75) is 12.8 Å². The van der Waals surface area contributed by atoms with Crippen LogP contribution in [0, 0.1) is 0 Å². The molecule has 5 nitrogen and oxygen atoms in total. The van der Waals surface area contributed by atoms with E-state index in [1.165, 1.54) is 0 Å². The summed E-state index contributed by atoms with van der Waals surface area (Å²) in [6.45, 7) is 3.14. The molecule has 0 unspecified atom stereocenters. The van der Waals surface area contributed by atoms with E-state index in [1.54, 1.807) is 0 Å². The molecule has 1 aliphatic rings. The second kappa shape index (κ2) is 3.69.